The van der Waals surface area contributed by atoms with E-state index in [0.29, 0.717) is 17.0 Å². The number of imide groups is 1. The van der Waals surface area contributed by atoms with Gasteiger partial charge in [0.1, 0.15) is 5.75 Å². The highest BCUT2D eigenvalue weighted by atomic mass is 16.5. The molecule has 0 saturated carbocycles. The standard InChI is InChI=1S/C19H17NO4/c1-11-4-7-14(10-12(11)2)20-18(22)16(17(21)19(20)23)13-5-8-15(24-3)9-6-13/h4-10,21H,1-3H3. The molecule has 0 unspecified atom stereocenters. The smallest absolute Gasteiger partial charge is 0.301 e. The van der Waals surface area contributed by atoms with Crippen LogP contribution in [0.15, 0.2) is 48.2 Å². The molecule has 1 N–H and O–H groups in total. The first-order valence-corrected chi connectivity index (χ1v) is 7.47. The van der Waals surface area contributed by atoms with Crippen molar-refractivity contribution < 1.29 is 19.4 Å². The number of hydrogen-bond acceptors (Lipinski definition) is 4. The molecule has 5 heteroatoms. The zero-order valence-electron chi connectivity index (χ0n) is 13.7. The molecule has 2 aromatic carbocycles. The van der Waals surface area contributed by atoms with Crippen molar-refractivity contribution in [2.24, 2.45) is 0 Å². The summed E-state index contributed by atoms with van der Waals surface area (Å²) < 4.78 is 5.08. The van der Waals surface area contributed by atoms with E-state index < -0.39 is 17.6 Å². The third-order valence-electron chi connectivity index (χ3n) is 4.19. The molecule has 2 amide bonds. The van der Waals surface area contributed by atoms with Crippen LogP contribution in [0.25, 0.3) is 5.57 Å². The molecule has 1 heterocycles. The molecule has 0 aromatic heterocycles. The number of benzene rings is 2. The van der Waals surface area contributed by atoms with Gasteiger partial charge in [0.25, 0.3) is 5.91 Å². The Hall–Kier alpha value is -3.08. The number of aliphatic hydroxyl groups is 1. The Balaban J connectivity index is 2.02. The van der Waals surface area contributed by atoms with Crippen molar-refractivity contribution in [3.05, 3.63) is 64.9 Å². The molecule has 0 fully saturated rings. The Morgan fingerprint density at radius 2 is 1.58 bits per heavy atom. The van der Waals surface area contributed by atoms with Gasteiger partial charge in [0, 0.05) is 0 Å². The Kier molecular flexibility index (Phi) is 3.85. The van der Waals surface area contributed by atoms with E-state index in [2.05, 4.69) is 0 Å². The SMILES string of the molecule is COc1ccc(C2=C(O)C(=O)N(c3ccc(C)c(C)c3)C2=O)cc1. The van der Waals surface area contributed by atoms with E-state index in [0.717, 1.165) is 16.0 Å². The molecule has 1 aliphatic heterocycles. The van der Waals surface area contributed by atoms with Gasteiger partial charge in [-0.05, 0) is 54.8 Å². The number of nitrogens with zero attached hydrogens (tertiary/aromatic N) is 1. The zero-order valence-corrected chi connectivity index (χ0v) is 13.7. The highest BCUT2D eigenvalue weighted by Crippen LogP contribution is 2.33. The molecule has 24 heavy (non-hydrogen) atoms. The van der Waals surface area contributed by atoms with E-state index >= 15 is 0 Å². The van der Waals surface area contributed by atoms with Crippen LogP contribution in [0.3, 0.4) is 0 Å². The van der Waals surface area contributed by atoms with Crippen LogP contribution >= 0.6 is 0 Å². The number of amides is 2. The number of hydrogen-bond donors (Lipinski definition) is 1. The van der Waals surface area contributed by atoms with Gasteiger partial charge in [0.05, 0.1) is 18.4 Å². The zero-order chi connectivity index (χ0) is 17.4. The molecule has 0 radical (unpaired) electrons. The van der Waals surface area contributed by atoms with E-state index in [4.69, 9.17) is 4.74 Å². The summed E-state index contributed by atoms with van der Waals surface area (Å²) >= 11 is 0. The molecule has 0 bridgehead atoms. The second kappa shape index (κ2) is 5.85. The Morgan fingerprint density at radius 3 is 2.17 bits per heavy atom. The number of rotatable bonds is 3. The highest BCUT2D eigenvalue weighted by molar-refractivity contribution is 6.44. The number of methoxy groups -OCH3 is 1. The predicted molar refractivity (Wildman–Crippen MR) is 91.0 cm³/mol. The van der Waals surface area contributed by atoms with E-state index in [9.17, 15) is 14.7 Å². The molecular weight excluding hydrogens is 306 g/mol. The van der Waals surface area contributed by atoms with Gasteiger partial charge in [-0.1, -0.05) is 18.2 Å². The monoisotopic (exact) mass is 323 g/mol. The summed E-state index contributed by atoms with van der Waals surface area (Å²) in [5.74, 6) is -1.16. The Labute approximate surface area is 139 Å². The minimum atomic E-state index is -0.714. The van der Waals surface area contributed by atoms with Gasteiger partial charge in [-0.25, -0.2) is 4.90 Å². The highest BCUT2D eigenvalue weighted by Gasteiger charge is 2.40. The molecular formula is C19H17NO4. The summed E-state index contributed by atoms with van der Waals surface area (Å²) in [6.07, 6.45) is 0. The van der Waals surface area contributed by atoms with Gasteiger partial charge < -0.3 is 9.84 Å². The van der Waals surface area contributed by atoms with E-state index in [1.54, 1.807) is 36.4 Å². The van der Waals surface area contributed by atoms with Gasteiger partial charge in [-0.3, -0.25) is 9.59 Å². The van der Waals surface area contributed by atoms with E-state index in [1.807, 2.05) is 19.9 Å². The first-order valence-electron chi connectivity index (χ1n) is 7.47. The van der Waals surface area contributed by atoms with Crippen molar-refractivity contribution >= 4 is 23.1 Å². The number of aryl methyl sites for hydroxylation is 2. The first-order chi connectivity index (χ1) is 11.4. The van der Waals surface area contributed by atoms with Gasteiger partial charge in [0.2, 0.25) is 0 Å². The van der Waals surface area contributed by atoms with Gasteiger partial charge in [-0.15, -0.1) is 0 Å². The summed E-state index contributed by atoms with van der Waals surface area (Å²) in [6.45, 7) is 3.85. The fourth-order valence-corrected chi connectivity index (χ4v) is 2.64. The fraction of sp³-hybridized carbons (Fsp3) is 0.158. The average molecular weight is 323 g/mol. The minimum absolute atomic E-state index is 0.000816. The predicted octanol–water partition coefficient (Wildman–Crippen LogP) is 3.15. The van der Waals surface area contributed by atoms with E-state index in [1.165, 1.54) is 7.11 Å². The maximum Gasteiger partial charge on any atom is 0.301 e. The van der Waals surface area contributed by atoms with Crippen molar-refractivity contribution in [3.8, 4) is 5.75 Å². The van der Waals surface area contributed by atoms with Crippen molar-refractivity contribution in [1.29, 1.82) is 0 Å². The van der Waals surface area contributed by atoms with Crippen LogP contribution in [0.2, 0.25) is 0 Å². The first kappa shape index (κ1) is 15.8. The van der Waals surface area contributed by atoms with Crippen LogP contribution in [-0.4, -0.2) is 24.0 Å². The third-order valence-corrected chi connectivity index (χ3v) is 4.19. The largest absolute Gasteiger partial charge is 0.502 e. The number of ether oxygens (including phenoxy) is 1. The molecule has 122 valence electrons. The lowest BCUT2D eigenvalue weighted by Crippen LogP contribution is -2.31. The molecule has 2 aromatic rings. The molecule has 0 atom stereocenters. The Morgan fingerprint density at radius 1 is 0.917 bits per heavy atom. The van der Waals surface area contributed by atoms with Crippen molar-refractivity contribution in [3.63, 3.8) is 0 Å². The van der Waals surface area contributed by atoms with Crippen LogP contribution in [-0.2, 0) is 9.59 Å². The summed E-state index contributed by atoms with van der Waals surface area (Å²) in [5, 5.41) is 10.2. The summed E-state index contributed by atoms with van der Waals surface area (Å²) in [5.41, 5.74) is 2.94. The third kappa shape index (κ3) is 2.44. The molecule has 5 nitrogen and oxygen atoms in total. The molecule has 3 rings (SSSR count). The number of carbonyl (C=O) groups excluding carboxylic acids is 2. The Bertz CT molecular complexity index is 865. The quantitative estimate of drug-likeness (QED) is 0.881. The average Bonchev–Trinajstić information content (AvgIpc) is 2.80. The van der Waals surface area contributed by atoms with Gasteiger partial charge >= 0.3 is 5.91 Å². The fourth-order valence-electron chi connectivity index (χ4n) is 2.64. The summed E-state index contributed by atoms with van der Waals surface area (Å²) in [4.78, 5) is 26.1. The van der Waals surface area contributed by atoms with Crippen molar-refractivity contribution in [1.82, 2.24) is 0 Å². The van der Waals surface area contributed by atoms with E-state index in [-0.39, 0.29) is 5.57 Å². The number of aliphatic hydroxyl groups excluding tert-OH is 1. The second-order valence-electron chi connectivity index (χ2n) is 5.67. The normalized spacial score (nSPS) is 14.5. The maximum absolute atomic E-state index is 12.7. The van der Waals surface area contributed by atoms with Crippen molar-refractivity contribution in [2.75, 3.05) is 12.0 Å². The molecule has 0 saturated heterocycles. The number of anilines is 1. The topological polar surface area (TPSA) is 66.8 Å². The molecule has 1 aliphatic rings. The number of carbonyl (C=O) groups is 2. The second-order valence-corrected chi connectivity index (χ2v) is 5.67. The lowest BCUT2D eigenvalue weighted by atomic mass is 10.1. The minimum Gasteiger partial charge on any atom is -0.502 e. The van der Waals surface area contributed by atoms with Crippen LogP contribution < -0.4 is 9.64 Å². The van der Waals surface area contributed by atoms with Crippen LogP contribution in [0.5, 0.6) is 5.75 Å². The lowest BCUT2D eigenvalue weighted by Gasteiger charge is -2.16. The maximum atomic E-state index is 12.7. The van der Waals surface area contributed by atoms with Crippen molar-refractivity contribution in [2.45, 2.75) is 13.8 Å². The molecule has 0 spiro atoms. The van der Waals surface area contributed by atoms with Gasteiger partial charge in [-0.2, -0.15) is 0 Å². The molecule has 0 aliphatic carbocycles. The lowest BCUT2D eigenvalue weighted by molar-refractivity contribution is -0.121. The van der Waals surface area contributed by atoms with Crippen LogP contribution in [0, 0.1) is 13.8 Å². The van der Waals surface area contributed by atoms with Crippen LogP contribution in [0.4, 0.5) is 5.69 Å². The summed E-state index contributed by atoms with van der Waals surface area (Å²) in [6, 6.07) is 11.9. The van der Waals surface area contributed by atoms with Gasteiger partial charge in [0.15, 0.2) is 5.76 Å². The summed E-state index contributed by atoms with van der Waals surface area (Å²) in [7, 11) is 1.54. The van der Waals surface area contributed by atoms with Crippen LogP contribution in [0.1, 0.15) is 16.7 Å².